The van der Waals surface area contributed by atoms with Gasteiger partial charge in [-0.05, 0) is 12.1 Å². The summed E-state index contributed by atoms with van der Waals surface area (Å²) in [6.45, 7) is 2.21. The van der Waals surface area contributed by atoms with Crippen molar-refractivity contribution in [3.63, 3.8) is 0 Å². The minimum atomic E-state index is -3.34. The van der Waals surface area contributed by atoms with Gasteiger partial charge in [-0.1, -0.05) is 5.10 Å². The Morgan fingerprint density at radius 3 is 2.75 bits per heavy atom. The highest BCUT2D eigenvalue weighted by atomic mass is 32.2. The van der Waals surface area contributed by atoms with Crippen molar-refractivity contribution in [2.75, 3.05) is 12.9 Å². The number of aromatic nitrogens is 3. The van der Waals surface area contributed by atoms with Gasteiger partial charge in [0.1, 0.15) is 6.20 Å². The second kappa shape index (κ2) is 3.10. The van der Waals surface area contributed by atoms with E-state index < -0.39 is 10.0 Å². The van der Waals surface area contributed by atoms with Crippen molar-refractivity contribution < 1.29 is 13.2 Å². The third-order valence-electron chi connectivity index (χ3n) is 1.08. The van der Waals surface area contributed by atoms with Gasteiger partial charge in [-0.2, -0.15) is 0 Å². The summed E-state index contributed by atoms with van der Waals surface area (Å²) in [6, 6.07) is 0. The van der Waals surface area contributed by atoms with Gasteiger partial charge in [0.25, 0.3) is 15.9 Å². The van der Waals surface area contributed by atoms with E-state index in [1.165, 1.54) is 6.20 Å². The van der Waals surface area contributed by atoms with Crippen molar-refractivity contribution in [2.45, 2.75) is 6.92 Å². The molecule has 0 aromatic carbocycles. The summed E-state index contributed by atoms with van der Waals surface area (Å²) in [5.41, 5.74) is 0. The van der Waals surface area contributed by atoms with Gasteiger partial charge in [-0.3, -0.25) is 0 Å². The molecule has 1 aromatic heterocycles. The van der Waals surface area contributed by atoms with Crippen LogP contribution < -0.4 is 4.74 Å². The quantitative estimate of drug-likeness (QED) is 0.643. The molecule has 0 aliphatic rings. The number of rotatable bonds is 3. The van der Waals surface area contributed by atoms with E-state index in [-0.39, 0.29) is 5.88 Å². The Hall–Kier alpha value is -1.11. The van der Waals surface area contributed by atoms with Crippen LogP contribution in [0.1, 0.15) is 6.92 Å². The number of hydrogen-bond donors (Lipinski definition) is 0. The Kier molecular flexibility index (Phi) is 2.32. The predicted octanol–water partition coefficient (Wildman–Crippen LogP) is -0.516. The molecule has 0 amide bonds. The molecule has 7 heteroatoms. The lowest BCUT2D eigenvalue weighted by atomic mass is 10.8. The summed E-state index contributed by atoms with van der Waals surface area (Å²) in [7, 11) is -3.34. The summed E-state index contributed by atoms with van der Waals surface area (Å²) >= 11 is 0. The van der Waals surface area contributed by atoms with Crippen molar-refractivity contribution in [3.8, 4) is 5.88 Å². The van der Waals surface area contributed by atoms with E-state index in [2.05, 4.69) is 10.3 Å². The molecule has 0 spiro atoms. The van der Waals surface area contributed by atoms with Crippen molar-refractivity contribution in [1.82, 2.24) is 14.4 Å². The average molecular weight is 191 g/mol. The Morgan fingerprint density at radius 1 is 1.67 bits per heavy atom. The molecular weight excluding hydrogens is 182 g/mol. The minimum Gasteiger partial charge on any atom is -0.476 e. The fourth-order valence-corrected chi connectivity index (χ4v) is 1.06. The molecular formula is C5H9N3O3S. The fourth-order valence-electron chi connectivity index (χ4n) is 0.610. The van der Waals surface area contributed by atoms with E-state index in [1.54, 1.807) is 6.92 Å². The van der Waals surface area contributed by atoms with Gasteiger partial charge in [-0.15, -0.1) is 4.09 Å². The van der Waals surface area contributed by atoms with Crippen molar-refractivity contribution in [3.05, 3.63) is 6.20 Å². The molecule has 1 heterocycles. The highest BCUT2D eigenvalue weighted by Crippen LogP contribution is 2.03. The van der Waals surface area contributed by atoms with Crippen molar-refractivity contribution >= 4 is 10.0 Å². The lowest BCUT2D eigenvalue weighted by molar-refractivity contribution is 0.326. The summed E-state index contributed by atoms with van der Waals surface area (Å²) in [5, 5.41) is 6.84. The Morgan fingerprint density at radius 2 is 2.33 bits per heavy atom. The third kappa shape index (κ3) is 1.94. The smallest absolute Gasteiger partial charge is 0.254 e. The second-order valence-electron chi connectivity index (χ2n) is 2.13. The third-order valence-corrected chi connectivity index (χ3v) is 1.94. The van der Waals surface area contributed by atoms with E-state index in [1.807, 2.05) is 0 Å². The standard InChI is InChI=1S/C5H9N3O3S/c1-3-11-5-4-8(7-6-5)12(2,9)10/h4H,3H2,1-2H3. The first-order chi connectivity index (χ1) is 5.54. The first-order valence-electron chi connectivity index (χ1n) is 3.29. The maximum Gasteiger partial charge on any atom is 0.254 e. The molecule has 1 aromatic rings. The van der Waals surface area contributed by atoms with Crippen LogP contribution in [0, 0.1) is 0 Å². The van der Waals surface area contributed by atoms with Crippen LogP contribution in [0.15, 0.2) is 6.20 Å². The van der Waals surface area contributed by atoms with Crippen LogP contribution in [0.25, 0.3) is 0 Å². The lowest BCUT2D eigenvalue weighted by Gasteiger charge is -1.93. The Bertz CT molecular complexity index is 356. The Balaban J connectivity index is 2.92. The molecule has 0 N–H and O–H groups in total. The summed E-state index contributed by atoms with van der Waals surface area (Å²) in [5.74, 6) is 0.211. The first-order valence-corrected chi connectivity index (χ1v) is 5.14. The largest absolute Gasteiger partial charge is 0.476 e. The van der Waals surface area contributed by atoms with Gasteiger partial charge in [0.05, 0.1) is 12.9 Å². The van der Waals surface area contributed by atoms with Crippen LogP contribution in [-0.2, 0) is 10.0 Å². The van der Waals surface area contributed by atoms with Crippen LogP contribution in [0.3, 0.4) is 0 Å². The van der Waals surface area contributed by atoms with Gasteiger partial charge >= 0.3 is 0 Å². The SMILES string of the molecule is CCOc1cn(S(C)(=O)=O)nn1. The minimum absolute atomic E-state index is 0.211. The fraction of sp³-hybridized carbons (Fsp3) is 0.600. The van der Waals surface area contributed by atoms with Crippen molar-refractivity contribution in [2.24, 2.45) is 0 Å². The molecule has 68 valence electrons. The zero-order valence-electron chi connectivity index (χ0n) is 6.76. The molecule has 0 bridgehead atoms. The Labute approximate surface area is 70.2 Å². The molecule has 0 aliphatic heterocycles. The highest BCUT2D eigenvalue weighted by Gasteiger charge is 2.08. The molecule has 0 unspecified atom stereocenters. The predicted molar refractivity (Wildman–Crippen MR) is 41.4 cm³/mol. The molecule has 0 saturated carbocycles. The molecule has 12 heavy (non-hydrogen) atoms. The molecule has 0 aliphatic carbocycles. The number of hydrogen-bond acceptors (Lipinski definition) is 5. The second-order valence-corrected chi connectivity index (χ2v) is 3.97. The normalized spacial score (nSPS) is 11.5. The molecule has 0 fully saturated rings. The molecule has 1 rings (SSSR count). The van der Waals surface area contributed by atoms with Crippen LogP contribution in [0.4, 0.5) is 0 Å². The summed E-state index contributed by atoms with van der Waals surface area (Å²) in [6.07, 6.45) is 2.26. The number of nitrogens with zero attached hydrogens (tertiary/aromatic N) is 3. The zero-order valence-corrected chi connectivity index (χ0v) is 7.58. The molecule has 0 radical (unpaired) electrons. The highest BCUT2D eigenvalue weighted by molar-refractivity contribution is 7.89. The van der Waals surface area contributed by atoms with Gasteiger partial charge in [0, 0.05) is 0 Å². The van der Waals surface area contributed by atoms with Crippen LogP contribution >= 0.6 is 0 Å². The average Bonchev–Trinajstić information content (AvgIpc) is 2.35. The van der Waals surface area contributed by atoms with Gasteiger partial charge in [0.2, 0.25) is 0 Å². The molecule has 0 atom stereocenters. The van der Waals surface area contributed by atoms with Crippen LogP contribution in [-0.4, -0.2) is 35.7 Å². The van der Waals surface area contributed by atoms with Gasteiger partial charge in [0.15, 0.2) is 0 Å². The lowest BCUT2D eigenvalue weighted by Crippen LogP contribution is -2.10. The zero-order chi connectivity index (χ0) is 9.19. The summed E-state index contributed by atoms with van der Waals surface area (Å²) < 4.78 is 27.4. The molecule has 0 saturated heterocycles. The molecule has 6 nitrogen and oxygen atoms in total. The van der Waals surface area contributed by atoms with E-state index in [0.29, 0.717) is 6.61 Å². The number of ether oxygens (including phenoxy) is 1. The van der Waals surface area contributed by atoms with E-state index in [4.69, 9.17) is 4.74 Å². The van der Waals surface area contributed by atoms with Crippen LogP contribution in [0.2, 0.25) is 0 Å². The summed E-state index contributed by atoms with van der Waals surface area (Å²) in [4.78, 5) is 0. The van der Waals surface area contributed by atoms with Gasteiger partial charge in [-0.25, -0.2) is 8.42 Å². The monoisotopic (exact) mass is 191 g/mol. The van der Waals surface area contributed by atoms with Gasteiger partial charge < -0.3 is 4.74 Å². The topological polar surface area (TPSA) is 74.1 Å². The van der Waals surface area contributed by atoms with E-state index in [0.717, 1.165) is 10.3 Å². The first kappa shape index (κ1) is 8.98. The maximum atomic E-state index is 10.9. The van der Waals surface area contributed by atoms with E-state index >= 15 is 0 Å². The van der Waals surface area contributed by atoms with E-state index in [9.17, 15) is 8.42 Å². The maximum absolute atomic E-state index is 10.9. The van der Waals surface area contributed by atoms with Crippen molar-refractivity contribution in [1.29, 1.82) is 0 Å². The van der Waals surface area contributed by atoms with Crippen LogP contribution in [0.5, 0.6) is 5.88 Å².